The molecule has 1 aromatic carbocycles. The average Bonchev–Trinajstić information content (AvgIpc) is 2.81. The minimum absolute atomic E-state index is 0.0212. The van der Waals surface area contributed by atoms with E-state index in [1.807, 2.05) is 38.2 Å². The first-order valence-electron chi connectivity index (χ1n) is 6.07. The van der Waals surface area contributed by atoms with Crippen molar-refractivity contribution in [1.29, 1.82) is 0 Å². The minimum Gasteiger partial charge on any atom is -0.493 e. The van der Waals surface area contributed by atoms with Crippen LogP contribution >= 0.6 is 11.3 Å². The van der Waals surface area contributed by atoms with Gasteiger partial charge in [-0.2, -0.15) is 0 Å². The Kier molecular flexibility index (Phi) is 4.39. The Hall–Kier alpha value is -1.59. The fourth-order valence-electron chi connectivity index (χ4n) is 1.71. The molecule has 0 aliphatic carbocycles. The molecular weight excluding hydrogens is 260 g/mol. The molecule has 0 aliphatic heterocycles. The van der Waals surface area contributed by atoms with Crippen molar-refractivity contribution >= 4 is 11.3 Å². The first-order valence-corrected chi connectivity index (χ1v) is 6.89. The van der Waals surface area contributed by atoms with Crippen LogP contribution in [0.2, 0.25) is 0 Å². The molecule has 5 heteroatoms. The number of hydrogen-bond acceptors (Lipinski definition) is 5. The van der Waals surface area contributed by atoms with Gasteiger partial charge in [-0.05, 0) is 31.5 Å². The number of thiazole rings is 1. The van der Waals surface area contributed by atoms with Gasteiger partial charge in [0.15, 0.2) is 11.5 Å². The van der Waals surface area contributed by atoms with Gasteiger partial charge in [0.1, 0.15) is 6.61 Å². The van der Waals surface area contributed by atoms with Crippen LogP contribution in [0.1, 0.15) is 28.4 Å². The van der Waals surface area contributed by atoms with Crippen LogP contribution in [0.25, 0.3) is 0 Å². The van der Waals surface area contributed by atoms with E-state index in [9.17, 15) is 0 Å². The Morgan fingerprint density at radius 2 is 2.16 bits per heavy atom. The third-order valence-corrected chi connectivity index (χ3v) is 3.64. The van der Waals surface area contributed by atoms with Gasteiger partial charge in [0.2, 0.25) is 0 Å². The van der Waals surface area contributed by atoms with Crippen LogP contribution < -0.4 is 15.2 Å². The molecule has 4 nitrogen and oxygen atoms in total. The van der Waals surface area contributed by atoms with Gasteiger partial charge in [-0.15, -0.1) is 11.3 Å². The Balaban J connectivity index is 2.11. The monoisotopic (exact) mass is 278 g/mol. The van der Waals surface area contributed by atoms with Gasteiger partial charge in [-0.1, -0.05) is 6.07 Å². The SMILES string of the molecule is COc1cc([C@@H](C)N)ccc1OCc1cnc(C)s1. The lowest BCUT2D eigenvalue weighted by Crippen LogP contribution is -2.05. The quantitative estimate of drug-likeness (QED) is 0.913. The van der Waals surface area contributed by atoms with Gasteiger partial charge < -0.3 is 15.2 Å². The number of rotatable bonds is 5. The number of benzene rings is 1. The number of nitrogens with two attached hydrogens (primary N) is 1. The van der Waals surface area contributed by atoms with E-state index in [1.165, 1.54) is 0 Å². The number of methoxy groups -OCH3 is 1. The van der Waals surface area contributed by atoms with Crippen LogP contribution in [-0.2, 0) is 6.61 Å². The van der Waals surface area contributed by atoms with Crippen molar-refractivity contribution < 1.29 is 9.47 Å². The van der Waals surface area contributed by atoms with Crippen LogP contribution in [0.3, 0.4) is 0 Å². The third kappa shape index (κ3) is 3.45. The molecule has 1 aromatic heterocycles. The number of hydrogen-bond donors (Lipinski definition) is 1. The zero-order chi connectivity index (χ0) is 13.8. The Morgan fingerprint density at radius 3 is 2.74 bits per heavy atom. The molecule has 0 spiro atoms. The summed E-state index contributed by atoms with van der Waals surface area (Å²) in [7, 11) is 1.63. The molecule has 19 heavy (non-hydrogen) atoms. The van der Waals surface area contributed by atoms with E-state index in [4.69, 9.17) is 15.2 Å². The van der Waals surface area contributed by atoms with Crippen molar-refractivity contribution in [2.75, 3.05) is 7.11 Å². The molecule has 2 N–H and O–H groups in total. The van der Waals surface area contributed by atoms with E-state index < -0.39 is 0 Å². The van der Waals surface area contributed by atoms with Gasteiger partial charge in [0, 0.05) is 12.2 Å². The summed E-state index contributed by atoms with van der Waals surface area (Å²) in [5, 5.41) is 1.04. The van der Waals surface area contributed by atoms with Crippen molar-refractivity contribution in [2.45, 2.75) is 26.5 Å². The largest absolute Gasteiger partial charge is 0.493 e. The summed E-state index contributed by atoms with van der Waals surface area (Å²) in [6.07, 6.45) is 1.84. The summed E-state index contributed by atoms with van der Waals surface area (Å²) in [5.74, 6) is 1.42. The Bertz CT molecular complexity index is 552. The summed E-state index contributed by atoms with van der Waals surface area (Å²) in [6, 6.07) is 5.75. The first kappa shape index (κ1) is 13.8. The summed E-state index contributed by atoms with van der Waals surface area (Å²) < 4.78 is 11.1. The summed E-state index contributed by atoms with van der Waals surface area (Å²) in [6.45, 7) is 4.42. The maximum atomic E-state index is 5.85. The van der Waals surface area contributed by atoms with Crippen LogP contribution in [0.5, 0.6) is 11.5 Å². The Labute approximate surface area is 117 Å². The molecule has 102 valence electrons. The van der Waals surface area contributed by atoms with Crippen molar-refractivity contribution in [3.63, 3.8) is 0 Å². The molecule has 0 amide bonds. The molecule has 0 unspecified atom stereocenters. The minimum atomic E-state index is -0.0212. The predicted molar refractivity (Wildman–Crippen MR) is 76.8 cm³/mol. The van der Waals surface area contributed by atoms with E-state index in [-0.39, 0.29) is 6.04 Å². The average molecular weight is 278 g/mol. The molecule has 1 atom stereocenters. The van der Waals surface area contributed by atoms with E-state index in [2.05, 4.69) is 4.98 Å². The summed E-state index contributed by atoms with van der Waals surface area (Å²) in [5.41, 5.74) is 6.88. The van der Waals surface area contributed by atoms with Crippen LogP contribution in [0.4, 0.5) is 0 Å². The molecule has 1 heterocycles. The van der Waals surface area contributed by atoms with Crippen molar-refractivity contribution in [3.8, 4) is 11.5 Å². The van der Waals surface area contributed by atoms with Crippen LogP contribution in [0, 0.1) is 6.92 Å². The third-order valence-electron chi connectivity index (χ3n) is 2.75. The molecule has 2 aromatic rings. The fraction of sp³-hybridized carbons (Fsp3) is 0.357. The standard InChI is InChI=1S/C14H18N2O2S/c1-9(15)11-4-5-13(14(6-11)17-3)18-8-12-7-16-10(2)19-12/h4-7,9H,8,15H2,1-3H3/t9-/m1/s1. The highest BCUT2D eigenvalue weighted by Gasteiger charge is 2.09. The molecule has 0 fully saturated rings. The van der Waals surface area contributed by atoms with Gasteiger partial charge in [-0.3, -0.25) is 0 Å². The lowest BCUT2D eigenvalue weighted by atomic mass is 10.1. The second-order valence-corrected chi connectivity index (χ2v) is 5.65. The van der Waals surface area contributed by atoms with Crippen LogP contribution in [0.15, 0.2) is 24.4 Å². The maximum Gasteiger partial charge on any atom is 0.161 e. The number of aromatic nitrogens is 1. The molecule has 0 aliphatic rings. The van der Waals surface area contributed by atoms with E-state index >= 15 is 0 Å². The number of nitrogens with zero attached hydrogens (tertiary/aromatic N) is 1. The smallest absolute Gasteiger partial charge is 0.161 e. The Morgan fingerprint density at radius 1 is 1.37 bits per heavy atom. The fourth-order valence-corrected chi connectivity index (χ4v) is 2.42. The number of ether oxygens (including phenoxy) is 2. The van der Waals surface area contributed by atoms with Gasteiger partial charge >= 0.3 is 0 Å². The normalized spacial score (nSPS) is 12.2. The maximum absolute atomic E-state index is 5.85. The van der Waals surface area contributed by atoms with Gasteiger partial charge in [-0.25, -0.2) is 4.98 Å². The molecule has 0 saturated heterocycles. The topological polar surface area (TPSA) is 57.4 Å². The lowest BCUT2D eigenvalue weighted by molar-refractivity contribution is 0.287. The number of aryl methyl sites for hydroxylation is 1. The summed E-state index contributed by atoms with van der Waals surface area (Å²) in [4.78, 5) is 5.29. The lowest BCUT2D eigenvalue weighted by Gasteiger charge is -2.13. The van der Waals surface area contributed by atoms with Crippen molar-refractivity contribution in [3.05, 3.63) is 39.8 Å². The predicted octanol–water partition coefficient (Wildman–Crippen LogP) is 3.06. The van der Waals surface area contributed by atoms with Crippen LogP contribution in [-0.4, -0.2) is 12.1 Å². The van der Waals surface area contributed by atoms with E-state index in [0.29, 0.717) is 12.4 Å². The van der Waals surface area contributed by atoms with E-state index in [1.54, 1.807) is 18.4 Å². The first-order chi connectivity index (χ1) is 9.10. The summed E-state index contributed by atoms with van der Waals surface area (Å²) >= 11 is 1.63. The van der Waals surface area contributed by atoms with E-state index in [0.717, 1.165) is 21.2 Å². The zero-order valence-electron chi connectivity index (χ0n) is 11.3. The molecule has 0 bridgehead atoms. The van der Waals surface area contributed by atoms with Gasteiger partial charge in [0.25, 0.3) is 0 Å². The van der Waals surface area contributed by atoms with Gasteiger partial charge in [0.05, 0.1) is 17.0 Å². The molecular formula is C14H18N2O2S. The zero-order valence-corrected chi connectivity index (χ0v) is 12.2. The second kappa shape index (κ2) is 6.04. The molecule has 0 radical (unpaired) electrons. The molecule has 2 rings (SSSR count). The highest BCUT2D eigenvalue weighted by Crippen LogP contribution is 2.30. The van der Waals surface area contributed by atoms with Crippen molar-refractivity contribution in [2.24, 2.45) is 5.73 Å². The highest BCUT2D eigenvalue weighted by molar-refractivity contribution is 7.11. The molecule has 0 saturated carbocycles. The second-order valence-electron chi connectivity index (χ2n) is 4.33. The van der Waals surface area contributed by atoms with Crippen molar-refractivity contribution in [1.82, 2.24) is 4.98 Å². The highest BCUT2D eigenvalue weighted by atomic mass is 32.1.